The van der Waals surface area contributed by atoms with Gasteiger partial charge >= 0.3 is 0 Å². The molecule has 0 aliphatic carbocycles. The number of piperazine rings is 1. The number of furan rings is 1. The van der Waals surface area contributed by atoms with Crippen LogP contribution >= 0.6 is 11.6 Å². The Labute approximate surface area is 141 Å². The maximum Gasteiger partial charge on any atom is 0.257 e. The van der Waals surface area contributed by atoms with Crippen molar-refractivity contribution in [2.45, 2.75) is 0 Å². The Morgan fingerprint density at radius 1 is 1.00 bits per heavy atom. The van der Waals surface area contributed by atoms with Gasteiger partial charge in [0.2, 0.25) is 0 Å². The molecule has 1 aromatic carbocycles. The first-order valence-corrected chi connectivity index (χ1v) is 7.60. The van der Waals surface area contributed by atoms with Crippen LogP contribution in [0, 0.1) is 11.6 Å². The molecule has 1 aromatic heterocycles. The minimum absolute atomic E-state index is 0.0924. The Morgan fingerprint density at radius 3 is 2.17 bits per heavy atom. The lowest BCUT2D eigenvalue weighted by Gasteiger charge is -2.34. The highest BCUT2D eigenvalue weighted by molar-refractivity contribution is 6.33. The first kappa shape index (κ1) is 16.4. The number of carbonyl (C=O) groups is 2. The van der Waals surface area contributed by atoms with Crippen molar-refractivity contribution in [2.75, 3.05) is 26.2 Å². The molecule has 0 radical (unpaired) electrons. The molecule has 1 aliphatic rings. The highest BCUT2D eigenvalue weighted by Gasteiger charge is 2.27. The fraction of sp³-hybridized carbons (Fsp3) is 0.250. The molecule has 2 amide bonds. The van der Waals surface area contributed by atoms with Gasteiger partial charge in [0, 0.05) is 26.2 Å². The molecule has 0 atom stereocenters. The van der Waals surface area contributed by atoms with Crippen LogP contribution in [-0.2, 0) is 0 Å². The van der Waals surface area contributed by atoms with Crippen molar-refractivity contribution in [1.29, 1.82) is 0 Å². The predicted octanol–water partition coefficient (Wildman–Crippen LogP) is 2.81. The van der Waals surface area contributed by atoms with Gasteiger partial charge in [-0.25, -0.2) is 8.78 Å². The molecule has 0 N–H and O–H groups in total. The van der Waals surface area contributed by atoms with Crippen molar-refractivity contribution in [3.05, 3.63) is 58.5 Å². The third kappa shape index (κ3) is 3.12. The summed E-state index contributed by atoms with van der Waals surface area (Å²) in [5.74, 6) is -2.90. The molecule has 0 bridgehead atoms. The average Bonchev–Trinajstić information content (AvgIpc) is 3.11. The number of benzene rings is 1. The van der Waals surface area contributed by atoms with Crippen molar-refractivity contribution in [1.82, 2.24) is 9.80 Å². The van der Waals surface area contributed by atoms with Crippen molar-refractivity contribution >= 4 is 23.4 Å². The van der Waals surface area contributed by atoms with Gasteiger partial charge in [0.05, 0.1) is 22.4 Å². The summed E-state index contributed by atoms with van der Waals surface area (Å²) < 4.78 is 31.3. The maximum atomic E-state index is 13.3. The fourth-order valence-electron chi connectivity index (χ4n) is 2.54. The summed E-state index contributed by atoms with van der Waals surface area (Å²) in [5.41, 5.74) is 0.351. The first-order chi connectivity index (χ1) is 11.5. The Balaban J connectivity index is 1.67. The Hall–Kier alpha value is -2.41. The van der Waals surface area contributed by atoms with Gasteiger partial charge in [0.1, 0.15) is 6.26 Å². The number of amides is 2. The number of halogens is 3. The lowest BCUT2D eigenvalue weighted by molar-refractivity contribution is 0.0535. The minimum Gasteiger partial charge on any atom is -0.472 e. The summed E-state index contributed by atoms with van der Waals surface area (Å²) in [6.07, 6.45) is 2.78. The van der Waals surface area contributed by atoms with E-state index in [9.17, 15) is 18.4 Å². The van der Waals surface area contributed by atoms with E-state index < -0.39 is 17.5 Å². The van der Waals surface area contributed by atoms with E-state index in [2.05, 4.69) is 0 Å². The molecule has 1 aliphatic heterocycles. The number of rotatable bonds is 2. The van der Waals surface area contributed by atoms with Crippen LogP contribution in [0.3, 0.4) is 0 Å². The molecule has 2 heterocycles. The van der Waals surface area contributed by atoms with Crippen molar-refractivity contribution < 1.29 is 22.8 Å². The minimum atomic E-state index is -1.13. The number of nitrogens with zero attached hydrogens (tertiary/aromatic N) is 2. The van der Waals surface area contributed by atoms with E-state index in [1.54, 1.807) is 11.0 Å². The second kappa shape index (κ2) is 6.60. The standard InChI is InChI=1S/C16H13ClF2N2O3/c17-12-8-14(19)13(18)7-11(12)16(23)21-4-2-20(3-5-21)15(22)10-1-6-24-9-10/h1,6-9H,2-5H2. The summed E-state index contributed by atoms with van der Waals surface area (Å²) in [6, 6.07) is 3.15. The van der Waals surface area contributed by atoms with Gasteiger partial charge in [-0.05, 0) is 18.2 Å². The van der Waals surface area contributed by atoms with Gasteiger partial charge in [-0.2, -0.15) is 0 Å². The normalized spacial score (nSPS) is 14.8. The summed E-state index contributed by atoms with van der Waals surface area (Å²) in [7, 11) is 0. The molecular weight excluding hydrogens is 342 g/mol. The molecule has 2 aromatic rings. The van der Waals surface area contributed by atoms with Gasteiger partial charge < -0.3 is 14.2 Å². The van der Waals surface area contributed by atoms with Crippen molar-refractivity contribution in [2.24, 2.45) is 0 Å². The second-order valence-electron chi connectivity index (χ2n) is 5.34. The van der Waals surface area contributed by atoms with E-state index in [4.69, 9.17) is 16.0 Å². The molecule has 3 rings (SSSR count). The smallest absolute Gasteiger partial charge is 0.257 e. The Bertz CT molecular complexity index is 772. The van der Waals surface area contributed by atoms with Crippen LogP contribution in [0.15, 0.2) is 35.1 Å². The van der Waals surface area contributed by atoms with Crippen LogP contribution in [0.2, 0.25) is 5.02 Å². The topological polar surface area (TPSA) is 53.8 Å². The van der Waals surface area contributed by atoms with E-state index in [1.807, 2.05) is 0 Å². The van der Waals surface area contributed by atoms with Crippen LogP contribution in [-0.4, -0.2) is 47.8 Å². The van der Waals surface area contributed by atoms with Crippen LogP contribution < -0.4 is 0 Å². The molecule has 126 valence electrons. The Kier molecular flexibility index (Phi) is 4.53. The Morgan fingerprint density at radius 2 is 1.58 bits per heavy atom. The third-order valence-corrected chi connectivity index (χ3v) is 4.18. The molecule has 1 saturated heterocycles. The monoisotopic (exact) mass is 354 g/mol. The highest BCUT2D eigenvalue weighted by Crippen LogP contribution is 2.22. The summed E-state index contributed by atoms with van der Waals surface area (Å²) in [6.45, 7) is 1.21. The largest absolute Gasteiger partial charge is 0.472 e. The zero-order valence-electron chi connectivity index (χ0n) is 12.5. The molecular formula is C16H13ClF2N2O3. The van der Waals surface area contributed by atoms with Gasteiger partial charge in [-0.15, -0.1) is 0 Å². The van der Waals surface area contributed by atoms with Crippen LogP contribution in [0.1, 0.15) is 20.7 Å². The fourth-order valence-corrected chi connectivity index (χ4v) is 2.77. The van der Waals surface area contributed by atoms with Gasteiger partial charge in [0.15, 0.2) is 11.6 Å². The zero-order chi connectivity index (χ0) is 17.3. The lowest BCUT2D eigenvalue weighted by Crippen LogP contribution is -2.50. The van der Waals surface area contributed by atoms with Crippen LogP contribution in [0.5, 0.6) is 0 Å². The summed E-state index contributed by atoms with van der Waals surface area (Å²) >= 11 is 5.83. The second-order valence-corrected chi connectivity index (χ2v) is 5.75. The predicted molar refractivity (Wildman–Crippen MR) is 81.9 cm³/mol. The molecule has 8 heteroatoms. The molecule has 0 saturated carbocycles. The molecule has 0 spiro atoms. The SMILES string of the molecule is O=C(c1ccoc1)N1CCN(C(=O)c2cc(F)c(F)cc2Cl)CC1. The molecule has 1 fully saturated rings. The molecule has 24 heavy (non-hydrogen) atoms. The van der Waals surface area contributed by atoms with Gasteiger partial charge in [-0.1, -0.05) is 11.6 Å². The summed E-state index contributed by atoms with van der Waals surface area (Å²) in [5, 5.41) is -0.143. The van der Waals surface area contributed by atoms with Crippen LogP contribution in [0.4, 0.5) is 8.78 Å². The van der Waals surface area contributed by atoms with E-state index >= 15 is 0 Å². The quantitative estimate of drug-likeness (QED) is 0.779. The first-order valence-electron chi connectivity index (χ1n) is 7.22. The van der Waals surface area contributed by atoms with Crippen molar-refractivity contribution in [3.8, 4) is 0 Å². The number of hydrogen-bond acceptors (Lipinski definition) is 3. The van der Waals surface area contributed by atoms with Crippen LogP contribution in [0.25, 0.3) is 0 Å². The number of carbonyl (C=O) groups excluding carboxylic acids is 2. The maximum absolute atomic E-state index is 13.3. The zero-order valence-corrected chi connectivity index (χ0v) is 13.2. The average molecular weight is 355 g/mol. The molecule has 5 nitrogen and oxygen atoms in total. The third-order valence-electron chi connectivity index (χ3n) is 3.86. The van der Waals surface area contributed by atoms with Crippen molar-refractivity contribution in [3.63, 3.8) is 0 Å². The van der Waals surface area contributed by atoms with E-state index in [-0.39, 0.29) is 29.6 Å². The summed E-state index contributed by atoms with van der Waals surface area (Å²) in [4.78, 5) is 27.7. The number of hydrogen-bond donors (Lipinski definition) is 0. The molecule has 0 unspecified atom stereocenters. The van der Waals surface area contributed by atoms with Gasteiger partial charge in [0.25, 0.3) is 11.8 Å². The van der Waals surface area contributed by atoms with E-state index in [0.717, 1.165) is 12.1 Å². The van der Waals surface area contributed by atoms with E-state index in [0.29, 0.717) is 18.7 Å². The van der Waals surface area contributed by atoms with Gasteiger partial charge in [-0.3, -0.25) is 9.59 Å². The highest BCUT2D eigenvalue weighted by atomic mass is 35.5. The van der Waals surface area contributed by atoms with E-state index in [1.165, 1.54) is 17.4 Å². The lowest BCUT2D eigenvalue weighted by atomic mass is 10.1.